The second-order valence-corrected chi connectivity index (χ2v) is 15.8. The van der Waals surface area contributed by atoms with Crippen LogP contribution in [0.3, 0.4) is 0 Å². The molecule has 0 N–H and O–H groups in total. The second kappa shape index (κ2) is 4.42. The second-order valence-electron chi connectivity index (χ2n) is 6.70. The van der Waals surface area contributed by atoms with Gasteiger partial charge in [-0.1, -0.05) is 0 Å². The molecule has 0 fully saturated rings. The number of rotatable bonds is 0. The van der Waals surface area contributed by atoms with Crippen molar-refractivity contribution in [2.75, 3.05) is 4.90 Å². The van der Waals surface area contributed by atoms with Gasteiger partial charge in [0.15, 0.2) is 0 Å². The average Bonchev–Trinajstić information content (AvgIpc) is 2.58. The van der Waals surface area contributed by atoms with Gasteiger partial charge in [0, 0.05) is 0 Å². The van der Waals surface area contributed by atoms with E-state index in [1.165, 1.54) is 20.2 Å². The first-order valence-corrected chi connectivity index (χ1v) is 14.3. The van der Waals surface area contributed by atoms with E-state index in [9.17, 15) is 0 Å². The zero-order valence-electron chi connectivity index (χ0n) is 13.2. The molecule has 2 aliphatic rings. The van der Waals surface area contributed by atoms with Crippen LogP contribution in [-0.2, 0) is 0 Å². The Balaban J connectivity index is 1.92. The molecule has 0 saturated carbocycles. The summed E-state index contributed by atoms with van der Waals surface area (Å²) in [5.74, 6) is 6.87. The van der Waals surface area contributed by atoms with Gasteiger partial charge in [0.05, 0.1) is 0 Å². The minimum atomic E-state index is -2.32. The number of anilines is 3. The van der Waals surface area contributed by atoms with Crippen LogP contribution >= 0.6 is 0 Å². The Morgan fingerprint density at radius 2 is 1.35 bits per heavy atom. The fourth-order valence-corrected chi connectivity index (χ4v) is 10.1. The molecule has 0 radical (unpaired) electrons. The normalized spacial score (nSPS) is 16.0. The van der Waals surface area contributed by atoms with Crippen LogP contribution < -0.4 is 18.4 Å². The van der Waals surface area contributed by atoms with Crippen LogP contribution in [0.4, 0.5) is 17.1 Å². The first-order chi connectivity index (χ1) is 11.2. The summed E-state index contributed by atoms with van der Waals surface area (Å²) in [5.41, 5.74) is 3.72. The van der Waals surface area contributed by atoms with Gasteiger partial charge in [-0.05, 0) is 0 Å². The molecule has 2 aliphatic heterocycles. The minimum absolute atomic E-state index is 0.930. The van der Waals surface area contributed by atoms with E-state index in [-0.39, 0.29) is 0 Å². The van der Waals surface area contributed by atoms with Crippen molar-refractivity contribution in [3.05, 3.63) is 66.7 Å². The van der Waals surface area contributed by atoms with Crippen LogP contribution in [0, 0.1) is 0 Å². The molecule has 0 aliphatic carbocycles. The van der Waals surface area contributed by atoms with Crippen molar-refractivity contribution in [1.29, 1.82) is 0 Å². The van der Waals surface area contributed by atoms with Gasteiger partial charge in [0.25, 0.3) is 0 Å². The third kappa shape index (κ3) is 1.64. The van der Waals surface area contributed by atoms with Gasteiger partial charge in [0.2, 0.25) is 0 Å². The third-order valence-corrected chi connectivity index (χ3v) is 12.4. The number of fused-ring (bicyclic) bond motifs is 4. The van der Waals surface area contributed by atoms with E-state index in [0.717, 1.165) is 17.2 Å². The maximum absolute atomic E-state index is 6.22. The van der Waals surface area contributed by atoms with Crippen molar-refractivity contribution in [3.63, 3.8) is 0 Å². The fraction of sp³-hybridized carbons (Fsp3) is 0.100. The zero-order valence-corrected chi connectivity index (χ0v) is 15.3. The van der Waals surface area contributed by atoms with Crippen LogP contribution in [0.5, 0.6) is 11.5 Å². The summed E-state index contributed by atoms with van der Waals surface area (Å²) in [6, 6.07) is 23.7. The van der Waals surface area contributed by atoms with Crippen molar-refractivity contribution >= 4 is 39.1 Å². The molecular weight excluding hydrogens is 343 g/mol. The zero-order chi connectivity index (χ0) is 15.6. The summed E-state index contributed by atoms with van der Waals surface area (Å²) in [5, 5.41) is 0. The molecule has 0 atom stereocenters. The summed E-state index contributed by atoms with van der Waals surface area (Å²) in [6.45, 7) is 0. The van der Waals surface area contributed by atoms with Crippen LogP contribution in [0.15, 0.2) is 66.7 Å². The van der Waals surface area contributed by atoms with Crippen molar-refractivity contribution in [3.8, 4) is 11.5 Å². The maximum atomic E-state index is 6.22. The molecule has 2 nitrogen and oxygen atoms in total. The Bertz CT molecular complexity index is 948. The molecule has 0 spiro atoms. The molecule has 3 aromatic carbocycles. The predicted molar refractivity (Wildman–Crippen MR) is 97.9 cm³/mol. The molecule has 0 unspecified atom stereocenters. The van der Waals surface area contributed by atoms with Crippen molar-refractivity contribution < 1.29 is 4.74 Å². The Morgan fingerprint density at radius 1 is 0.696 bits per heavy atom. The molecule has 3 heteroatoms. The van der Waals surface area contributed by atoms with Crippen molar-refractivity contribution in [2.24, 2.45) is 0 Å². The third-order valence-electron chi connectivity index (χ3n) is 5.04. The van der Waals surface area contributed by atoms with E-state index >= 15 is 0 Å². The Hall–Kier alpha value is -2.20. The summed E-state index contributed by atoms with van der Waals surface area (Å²) in [4.78, 5) is 2.40. The van der Waals surface area contributed by atoms with E-state index < -0.39 is 13.3 Å². The van der Waals surface area contributed by atoms with Gasteiger partial charge >= 0.3 is 138 Å². The molecule has 23 heavy (non-hydrogen) atoms. The monoisotopic (exact) mass is 361 g/mol. The molecule has 0 amide bonds. The van der Waals surface area contributed by atoms with Crippen LogP contribution in [0.25, 0.3) is 0 Å². The molecule has 3 aromatic rings. The number of hydrogen-bond acceptors (Lipinski definition) is 2. The van der Waals surface area contributed by atoms with Gasteiger partial charge < -0.3 is 0 Å². The van der Waals surface area contributed by atoms with E-state index in [2.05, 4.69) is 77.1 Å². The topological polar surface area (TPSA) is 12.5 Å². The summed E-state index contributed by atoms with van der Waals surface area (Å²) in [7, 11) is 0. The molecule has 0 bridgehead atoms. The van der Waals surface area contributed by atoms with E-state index in [4.69, 9.17) is 4.74 Å². The quantitative estimate of drug-likeness (QED) is 0.431. The van der Waals surface area contributed by atoms with Crippen molar-refractivity contribution in [2.45, 2.75) is 11.5 Å². The Labute approximate surface area is 138 Å². The number of hydrogen-bond donors (Lipinski definition) is 0. The number of para-hydroxylation sites is 4. The summed E-state index contributed by atoms with van der Waals surface area (Å²) < 4.78 is 9.25. The van der Waals surface area contributed by atoms with E-state index in [1.54, 1.807) is 0 Å². The van der Waals surface area contributed by atoms with Gasteiger partial charge in [0.1, 0.15) is 0 Å². The standard InChI is InChI=1S/C20H17GeNO/c1-21(2)14-8-3-4-10-16(14)22-17-11-5-6-12-18(17)23-19-13-7-9-15(21)20(19)22/h3-13H,1-2H3. The Kier molecular flexibility index (Phi) is 2.55. The van der Waals surface area contributed by atoms with Crippen molar-refractivity contribution in [1.82, 2.24) is 0 Å². The van der Waals surface area contributed by atoms with Crippen LogP contribution in [-0.4, -0.2) is 13.3 Å². The molecule has 0 saturated heterocycles. The molecule has 2 heterocycles. The molecular formula is C20H17GeNO. The first-order valence-electron chi connectivity index (χ1n) is 7.98. The summed E-state index contributed by atoms with van der Waals surface area (Å²) >= 11 is -2.32. The molecule has 0 aromatic heterocycles. The fourth-order valence-electron chi connectivity index (χ4n) is 3.90. The number of nitrogens with zero attached hydrogens (tertiary/aromatic N) is 1. The molecule has 5 rings (SSSR count). The van der Waals surface area contributed by atoms with Gasteiger partial charge in [-0.2, -0.15) is 0 Å². The number of ether oxygens (including phenoxy) is 1. The van der Waals surface area contributed by atoms with Gasteiger partial charge in [-0.25, -0.2) is 0 Å². The Morgan fingerprint density at radius 3 is 2.22 bits per heavy atom. The summed E-state index contributed by atoms with van der Waals surface area (Å²) in [6.07, 6.45) is 0. The van der Waals surface area contributed by atoms with E-state index in [1.807, 2.05) is 6.07 Å². The first kappa shape index (κ1) is 13.3. The van der Waals surface area contributed by atoms with Gasteiger partial charge in [-0.15, -0.1) is 0 Å². The number of benzene rings is 3. The predicted octanol–water partition coefficient (Wildman–Crippen LogP) is 4.40. The van der Waals surface area contributed by atoms with E-state index in [0.29, 0.717) is 0 Å². The van der Waals surface area contributed by atoms with Crippen LogP contribution in [0.2, 0.25) is 11.5 Å². The van der Waals surface area contributed by atoms with Gasteiger partial charge in [-0.3, -0.25) is 0 Å². The SMILES string of the molecule is [CH3][Ge]1([CH3])[c]2ccccc2N2c3ccccc3Oc3ccc[c]1c32. The van der Waals surface area contributed by atoms with Crippen LogP contribution in [0.1, 0.15) is 0 Å². The average molecular weight is 360 g/mol. The molecule has 112 valence electrons.